The van der Waals surface area contributed by atoms with E-state index in [0.717, 1.165) is 6.42 Å². The lowest BCUT2D eigenvalue weighted by Crippen LogP contribution is -2.31. The molecule has 0 amide bonds. The van der Waals surface area contributed by atoms with Gasteiger partial charge in [-0.3, -0.25) is 0 Å². The zero-order valence-electron chi connectivity index (χ0n) is 9.14. The maximum atomic E-state index is 8.93. The van der Waals surface area contributed by atoms with Crippen LogP contribution in [0.5, 0.6) is 0 Å². The standard InChI is InChI=1S/C11H22OSi/c1-5-8-11(9-10-12)13(4,6-2)7-3/h5,9,12H,1,6-8,10H2,2-4H3/b11-9+. The third-order valence-electron chi connectivity index (χ3n) is 3.04. The molecule has 0 radical (unpaired) electrons. The molecule has 1 N–H and O–H groups in total. The van der Waals surface area contributed by atoms with Gasteiger partial charge in [0.05, 0.1) is 14.7 Å². The van der Waals surface area contributed by atoms with E-state index in [-0.39, 0.29) is 6.61 Å². The molecule has 0 bridgehead atoms. The van der Waals surface area contributed by atoms with Crippen LogP contribution >= 0.6 is 0 Å². The molecule has 0 aromatic rings. The van der Waals surface area contributed by atoms with Crippen LogP contribution in [0.15, 0.2) is 23.9 Å². The Morgan fingerprint density at radius 2 is 1.92 bits per heavy atom. The summed E-state index contributed by atoms with van der Waals surface area (Å²) in [6, 6.07) is 2.51. The van der Waals surface area contributed by atoms with Crippen molar-refractivity contribution in [1.82, 2.24) is 0 Å². The van der Waals surface area contributed by atoms with Gasteiger partial charge in [-0.2, -0.15) is 0 Å². The summed E-state index contributed by atoms with van der Waals surface area (Å²) in [7, 11) is -1.24. The van der Waals surface area contributed by atoms with Gasteiger partial charge >= 0.3 is 0 Å². The lowest BCUT2D eigenvalue weighted by Gasteiger charge is -2.27. The van der Waals surface area contributed by atoms with Crippen molar-refractivity contribution >= 4 is 8.07 Å². The summed E-state index contributed by atoms with van der Waals surface area (Å²) in [6.45, 7) is 10.8. The minimum absolute atomic E-state index is 0.172. The predicted octanol–water partition coefficient (Wildman–Crippen LogP) is 3.14. The van der Waals surface area contributed by atoms with E-state index in [1.165, 1.54) is 17.3 Å². The Balaban J connectivity index is 4.68. The Morgan fingerprint density at radius 3 is 2.23 bits per heavy atom. The largest absolute Gasteiger partial charge is 0.392 e. The molecule has 0 aliphatic heterocycles. The fraction of sp³-hybridized carbons (Fsp3) is 0.636. The lowest BCUT2D eigenvalue weighted by molar-refractivity contribution is 0.342. The summed E-state index contributed by atoms with van der Waals surface area (Å²) >= 11 is 0. The van der Waals surface area contributed by atoms with E-state index in [1.807, 2.05) is 12.2 Å². The first kappa shape index (κ1) is 12.7. The Bertz CT molecular complexity index is 181. The summed E-state index contributed by atoms with van der Waals surface area (Å²) in [5.74, 6) is 0. The van der Waals surface area contributed by atoms with Crippen LogP contribution in [0.4, 0.5) is 0 Å². The lowest BCUT2D eigenvalue weighted by atomic mass is 10.4. The minimum Gasteiger partial charge on any atom is -0.392 e. The van der Waals surface area contributed by atoms with Gasteiger partial charge in [0, 0.05) is 0 Å². The summed E-state index contributed by atoms with van der Waals surface area (Å²) < 4.78 is 0. The Hall–Kier alpha value is -0.343. The van der Waals surface area contributed by atoms with Crippen LogP contribution in [0.2, 0.25) is 18.6 Å². The van der Waals surface area contributed by atoms with Gasteiger partial charge in [0.25, 0.3) is 0 Å². The fourth-order valence-electron chi connectivity index (χ4n) is 1.55. The van der Waals surface area contributed by atoms with Gasteiger partial charge in [-0.25, -0.2) is 0 Å². The van der Waals surface area contributed by atoms with Gasteiger partial charge in [-0.05, 0) is 6.42 Å². The molecule has 1 nitrogen and oxygen atoms in total. The van der Waals surface area contributed by atoms with Gasteiger partial charge in [-0.15, -0.1) is 6.58 Å². The second kappa shape index (κ2) is 6.16. The van der Waals surface area contributed by atoms with Gasteiger partial charge in [0.15, 0.2) is 0 Å². The van der Waals surface area contributed by atoms with Gasteiger partial charge in [0.1, 0.15) is 0 Å². The molecule has 76 valence electrons. The molecule has 0 aliphatic rings. The Labute approximate surface area is 83.2 Å². The van der Waals surface area contributed by atoms with Crippen molar-refractivity contribution in [2.24, 2.45) is 0 Å². The maximum absolute atomic E-state index is 8.93. The van der Waals surface area contributed by atoms with Crippen molar-refractivity contribution in [2.45, 2.75) is 38.9 Å². The smallest absolute Gasteiger partial charge is 0.0780 e. The molecule has 0 atom stereocenters. The van der Waals surface area contributed by atoms with Crippen molar-refractivity contribution < 1.29 is 5.11 Å². The number of hydrogen-bond donors (Lipinski definition) is 1. The third kappa shape index (κ3) is 3.49. The number of allylic oxidation sites excluding steroid dienone is 2. The molecule has 0 aliphatic carbocycles. The van der Waals surface area contributed by atoms with Crippen molar-refractivity contribution in [3.05, 3.63) is 23.9 Å². The highest BCUT2D eigenvalue weighted by molar-refractivity contribution is 6.85. The summed E-state index contributed by atoms with van der Waals surface area (Å²) in [5, 5.41) is 10.4. The highest BCUT2D eigenvalue weighted by atomic mass is 28.3. The third-order valence-corrected chi connectivity index (χ3v) is 8.12. The van der Waals surface area contributed by atoms with Crippen molar-refractivity contribution in [3.8, 4) is 0 Å². The van der Waals surface area contributed by atoms with Gasteiger partial charge in [-0.1, -0.05) is 49.8 Å². The highest BCUT2D eigenvalue weighted by Crippen LogP contribution is 2.26. The Kier molecular flexibility index (Phi) is 6.00. The second-order valence-corrected chi connectivity index (χ2v) is 8.85. The first-order valence-corrected chi connectivity index (χ1v) is 7.97. The maximum Gasteiger partial charge on any atom is 0.0780 e. The average Bonchev–Trinajstić information content (AvgIpc) is 2.16. The normalized spacial score (nSPS) is 13.1. The van der Waals surface area contributed by atoms with Crippen molar-refractivity contribution in [2.75, 3.05) is 6.61 Å². The van der Waals surface area contributed by atoms with Crippen LogP contribution in [0.1, 0.15) is 20.3 Å². The van der Waals surface area contributed by atoms with Crippen LogP contribution in [-0.2, 0) is 0 Å². The second-order valence-electron chi connectivity index (χ2n) is 3.67. The number of rotatable bonds is 6. The van der Waals surface area contributed by atoms with E-state index in [1.54, 1.807) is 0 Å². The number of aliphatic hydroxyl groups excluding tert-OH is 1. The molecule has 13 heavy (non-hydrogen) atoms. The first-order chi connectivity index (χ1) is 6.14. The molecule has 0 unspecified atom stereocenters. The zero-order chi connectivity index (χ0) is 10.3. The molecule has 0 aromatic heterocycles. The van der Waals surface area contributed by atoms with Crippen LogP contribution < -0.4 is 0 Å². The Morgan fingerprint density at radius 1 is 1.38 bits per heavy atom. The van der Waals surface area contributed by atoms with Crippen molar-refractivity contribution in [1.29, 1.82) is 0 Å². The average molecular weight is 198 g/mol. The summed E-state index contributed by atoms with van der Waals surface area (Å²) in [5.41, 5.74) is 0. The highest BCUT2D eigenvalue weighted by Gasteiger charge is 2.25. The quantitative estimate of drug-likeness (QED) is 0.513. The van der Waals surface area contributed by atoms with E-state index in [9.17, 15) is 0 Å². The molecule has 0 fully saturated rings. The van der Waals surface area contributed by atoms with Crippen LogP contribution in [-0.4, -0.2) is 19.8 Å². The van der Waals surface area contributed by atoms with E-state index in [2.05, 4.69) is 27.0 Å². The predicted molar refractivity (Wildman–Crippen MR) is 62.6 cm³/mol. The van der Waals surface area contributed by atoms with Crippen LogP contribution in [0, 0.1) is 0 Å². The van der Waals surface area contributed by atoms with Gasteiger partial charge < -0.3 is 5.11 Å². The van der Waals surface area contributed by atoms with Gasteiger partial charge in [0.2, 0.25) is 0 Å². The molecule has 0 saturated carbocycles. The van der Waals surface area contributed by atoms with Crippen LogP contribution in [0.3, 0.4) is 0 Å². The molecular weight excluding hydrogens is 176 g/mol. The molecule has 0 heterocycles. The SMILES string of the molecule is C=CC/C(=C\CO)[Si](C)(CC)CC. The topological polar surface area (TPSA) is 20.2 Å². The summed E-state index contributed by atoms with van der Waals surface area (Å²) in [6.07, 6.45) is 4.88. The van der Waals surface area contributed by atoms with E-state index >= 15 is 0 Å². The minimum atomic E-state index is -1.24. The summed E-state index contributed by atoms with van der Waals surface area (Å²) in [4.78, 5) is 0. The zero-order valence-corrected chi connectivity index (χ0v) is 10.1. The molecule has 0 saturated heterocycles. The molecule has 0 spiro atoms. The van der Waals surface area contributed by atoms with E-state index in [4.69, 9.17) is 5.11 Å². The van der Waals surface area contributed by atoms with Crippen LogP contribution in [0.25, 0.3) is 0 Å². The molecular formula is C11H22OSi. The first-order valence-electron chi connectivity index (χ1n) is 5.05. The number of hydrogen-bond acceptors (Lipinski definition) is 1. The van der Waals surface area contributed by atoms with Crippen molar-refractivity contribution in [3.63, 3.8) is 0 Å². The fourth-order valence-corrected chi connectivity index (χ4v) is 4.18. The molecule has 2 heteroatoms. The monoisotopic (exact) mass is 198 g/mol. The molecule has 0 rings (SSSR count). The molecule has 0 aromatic carbocycles. The van der Waals surface area contributed by atoms with E-state index < -0.39 is 8.07 Å². The number of aliphatic hydroxyl groups is 1. The van der Waals surface area contributed by atoms with E-state index in [0.29, 0.717) is 0 Å².